The van der Waals surface area contributed by atoms with Crippen molar-refractivity contribution >= 4 is 42.7 Å². The van der Waals surface area contributed by atoms with Crippen molar-refractivity contribution < 1.29 is 8.42 Å². The van der Waals surface area contributed by atoms with Crippen LogP contribution in [0.15, 0.2) is 64.2 Å². The van der Waals surface area contributed by atoms with Gasteiger partial charge in [-0.25, -0.2) is 13.4 Å². The molecule has 3 rings (SSSR count). The Hall–Kier alpha value is -1.99. The van der Waals surface area contributed by atoms with Crippen molar-refractivity contribution in [1.82, 2.24) is 9.97 Å². The third-order valence-corrected chi connectivity index (χ3v) is 4.89. The Morgan fingerprint density at radius 3 is 2.67 bits per heavy atom. The number of aromatic nitrogens is 2. The topological polar surface area (TPSA) is 72.0 Å². The van der Waals surface area contributed by atoms with E-state index in [0.717, 1.165) is 9.86 Å². The lowest BCUT2D eigenvalue weighted by Gasteiger charge is -2.08. The van der Waals surface area contributed by atoms with Gasteiger partial charge in [-0.2, -0.15) is 0 Å². The van der Waals surface area contributed by atoms with Crippen LogP contribution in [-0.4, -0.2) is 18.4 Å². The highest BCUT2D eigenvalue weighted by Crippen LogP contribution is 2.24. The summed E-state index contributed by atoms with van der Waals surface area (Å²) in [6.45, 7) is 0. The minimum Gasteiger partial charge on any atom is -0.263 e. The largest absolute Gasteiger partial charge is 0.264 e. The van der Waals surface area contributed by atoms with Gasteiger partial charge >= 0.3 is 0 Å². The van der Waals surface area contributed by atoms with Gasteiger partial charge in [0.05, 0.1) is 5.52 Å². The number of pyridine rings is 2. The summed E-state index contributed by atoms with van der Waals surface area (Å²) in [6.07, 6.45) is 2.81. The van der Waals surface area contributed by atoms with Crippen molar-refractivity contribution in [3.05, 3.63) is 59.3 Å². The van der Waals surface area contributed by atoms with Gasteiger partial charge in [0.2, 0.25) is 0 Å². The first kappa shape index (κ1) is 14.0. The standard InChI is InChI=1S/C14H10BrN3O2S/c15-12-4-1-5-13-11(12)6-7-14(17-13)18-21(19,20)10-3-2-8-16-9-10/h1-9H,(H,17,18). The Morgan fingerprint density at radius 2 is 1.90 bits per heavy atom. The van der Waals surface area contributed by atoms with Crippen molar-refractivity contribution in [2.75, 3.05) is 4.72 Å². The summed E-state index contributed by atoms with van der Waals surface area (Å²) in [5.41, 5.74) is 0.704. The van der Waals surface area contributed by atoms with Gasteiger partial charge in [0.15, 0.2) is 0 Å². The number of rotatable bonds is 3. The second-order valence-corrected chi connectivity index (χ2v) is 6.83. The quantitative estimate of drug-likeness (QED) is 0.775. The molecule has 0 aliphatic carbocycles. The lowest BCUT2D eigenvalue weighted by molar-refractivity contribution is 0.600. The van der Waals surface area contributed by atoms with Gasteiger partial charge in [0.25, 0.3) is 10.0 Å². The van der Waals surface area contributed by atoms with Crippen molar-refractivity contribution in [3.8, 4) is 0 Å². The molecule has 1 aromatic carbocycles. The van der Waals surface area contributed by atoms with Gasteiger partial charge < -0.3 is 0 Å². The Balaban J connectivity index is 1.99. The first-order valence-corrected chi connectivity index (χ1v) is 8.32. The van der Waals surface area contributed by atoms with Crippen LogP contribution in [-0.2, 0) is 10.0 Å². The van der Waals surface area contributed by atoms with Gasteiger partial charge in [0, 0.05) is 22.3 Å². The van der Waals surface area contributed by atoms with E-state index in [4.69, 9.17) is 0 Å². The molecule has 5 nitrogen and oxygen atoms in total. The van der Waals surface area contributed by atoms with Crippen LogP contribution in [0, 0.1) is 0 Å². The molecule has 0 saturated carbocycles. The number of anilines is 1. The minimum atomic E-state index is -3.68. The monoisotopic (exact) mass is 363 g/mol. The van der Waals surface area contributed by atoms with Crippen LogP contribution in [0.3, 0.4) is 0 Å². The molecule has 2 aromatic heterocycles. The van der Waals surface area contributed by atoms with E-state index in [1.807, 2.05) is 24.3 Å². The maximum absolute atomic E-state index is 12.2. The van der Waals surface area contributed by atoms with Crippen molar-refractivity contribution in [3.63, 3.8) is 0 Å². The fourth-order valence-corrected chi connectivity index (χ4v) is 3.33. The molecule has 3 aromatic rings. The third-order valence-electron chi connectivity index (χ3n) is 2.86. The maximum atomic E-state index is 12.2. The number of hydrogen-bond donors (Lipinski definition) is 1. The first-order valence-electron chi connectivity index (χ1n) is 6.04. The molecule has 0 fully saturated rings. The normalized spacial score (nSPS) is 11.5. The molecular formula is C14H10BrN3O2S. The Kier molecular flexibility index (Phi) is 3.60. The van der Waals surface area contributed by atoms with Gasteiger partial charge in [-0.05, 0) is 36.4 Å². The van der Waals surface area contributed by atoms with Crippen LogP contribution >= 0.6 is 15.9 Å². The van der Waals surface area contributed by atoms with Crippen molar-refractivity contribution in [2.24, 2.45) is 0 Å². The Bertz CT molecular complexity index is 898. The Labute approximate surface area is 130 Å². The van der Waals surface area contributed by atoms with Crippen LogP contribution in [0.4, 0.5) is 5.82 Å². The van der Waals surface area contributed by atoms with Gasteiger partial charge in [0.1, 0.15) is 10.7 Å². The number of fused-ring (bicyclic) bond motifs is 1. The van der Waals surface area contributed by atoms with E-state index in [0.29, 0.717) is 5.52 Å². The van der Waals surface area contributed by atoms with Gasteiger partial charge in [-0.3, -0.25) is 9.71 Å². The summed E-state index contributed by atoms with van der Waals surface area (Å²) < 4.78 is 27.8. The summed E-state index contributed by atoms with van der Waals surface area (Å²) in [5.74, 6) is 0.268. The summed E-state index contributed by atoms with van der Waals surface area (Å²) in [7, 11) is -3.68. The molecule has 2 heterocycles. The zero-order chi connectivity index (χ0) is 14.9. The molecular weight excluding hydrogens is 354 g/mol. The second kappa shape index (κ2) is 5.42. The summed E-state index contributed by atoms with van der Waals surface area (Å²) in [6, 6.07) is 12.1. The predicted octanol–water partition coefficient (Wildman–Crippen LogP) is 3.19. The highest BCUT2D eigenvalue weighted by atomic mass is 79.9. The maximum Gasteiger partial charge on any atom is 0.264 e. The molecule has 21 heavy (non-hydrogen) atoms. The molecule has 0 aliphatic heterocycles. The molecule has 0 saturated heterocycles. The van der Waals surface area contributed by atoms with E-state index in [-0.39, 0.29) is 10.7 Å². The number of sulfonamides is 1. The summed E-state index contributed by atoms with van der Waals surface area (Å²) in [4.78, 5) is 8.21. The van der Waals surface area contributed by atoms with Gasteiger partial charge in [-0.15, -0.1) is 0 Å². The fourth-order valence-electron chi connectivity index (χ4n) is 1.88. The molecule has 7 heteroatoms. The molecule has 0 amide bonds. The average molecular weight is 364 g/mol. The highest BCUT2D eigenvalue weighted by Gasteiger charge is 2.15. The zero-order valence-corrected chi connectivity index (χ0v) is 13.1. The summed E-state index contributed by atoms with van der Waals surface area (Å²) in [5, 5.41) is 0.918. The van der Waals surface area contributed by atoms with Crippen molar-refractivity contribution in [2.45, 2.75) is 4.90 Å². The lowest BCUT2D eigenvalue weighted by Crippen LogP contribution is -2.14. The van der Waals surface area contributed by atoms with E-state index < -0.39 is 10.0 Å². The molecule has 106 valence electrons. The number of nitrogens with zero attached hydrogens (tertiary/aromatic N) is 2. The lowest BCUT2D eigenvalue weighted by atomic mass is 10.2. The van der Waals surface area contributed by atoms with Crippen molar-refractivity contribution in [1.29, 1.82) is 0 Å². The van der Waals surface area contributed by atoms with E-state index in [1.165, 1.54) is 18.5 Å². The van der Waals surface area contributed by atoms with E-state index in [9.17, 15) is 8.42 Å². The van der Waals surface area contributed by atoms with Crippen LogP contribution in [0.5, 0.6) is 0 Å². The van der Waals surface area contributed by atoms with E-state index >= 15 is 0 Å². The molecule has 0 bridgehead atoms. The minimum absolute atomic E-state index is 0.0983. The molecule has 0 aliphatic rings. The van der Waals surface area contributed by atoms with Gasteiger partial charge in [-0.1, -0.05) is 22.0 Å². The molecule has 0 spiro atoms. The smallest absolute Gasteiger partial charge is 0.263 e. The van der Waals surface area contributed by atoms with Crippen LogP contribution in [0.2, 0.25) is 0 Å². The van der Waals surface area contributed by atoms with E-state index in [2.05, 4.69) is 30.6 Å². The highest BCUT2D eigenvalue weighted by molar-refractivity contribution is 9.10. The second-order valence-electron chi connectivity index (χ2n) is 4.30. The van der Waals surface area contributed by atoms with E-state index in [1.54, 1.807) is 12.1 Å². The Morgan fingerprint density at radius 1 is 1.05 bits per heavy atom. The first-order chi connectivity index (χ1) is 10.1. The molecule has 0 radical (unpaired) electrons. The number of hydrogen-bond acceptors (Lipinski definition) is 4. The third kappa shape index (κ3) is 2.88. The SMILES string of the molecule is O=S(=O)(Nc1ccc2c(Br)cccc2n1)c1cccnc1. The molecule has 1 N–H and O–H groups in total. The number of benzene rings is 1. The predicted molar refractivity (Wildman–Crippen MR) is 84.5 cm³/mol. The van der Waals surface area contributed by atoms with Crippen LogP contribution in [0.25, 0.3) is 10.9 Å². The number of nitrogens with one attached hydrogen (secondary N) is 1. The zero-order valence-electron chi connectivity index (χ0n) is 10.7. The van der Waals surface area contributed by atoms with Crippen LogP contribution in [0.1, 0.15) is 0 Å². The average Bonchev–Trinajstić information content (AvgIpc) is 2.48. The molecule has 0 atom stereocenters. The molecule has 0 unspecified atom stereocenters. The number of halogens is 1. The summed E-state index contributed by atoms with van der Waals surface area (Å²) >= 11 is 3.43. The van der Waals surface area contributed by atoms with Crippen LogP contribution < -0.4 is 4.72 Å². The fraction of sp³-hybridized carbons (Fsp3) is 0.